The number of carbonyl (C=O) groups is 1. The maximum absolute atomic E-state index is 12.2. The predicted octanol–water partition coefficient (Wildman–Crippen LogP) is 5.45. The Morgan fingerprint density at radius 2 is 1.46 bits per heavy atom. The van der Waals surface area contributed by atoms with Crippen molar-refractivity contribution in [1.29, 1.82) is 0 Å². The van der Waals surface area contributed by atoms with E-state index in [0.29, 0.717) is 22.2 Å². The highest BCUT2D eigenvalue weighted by atomic mass is 35.5. The monoisotopic (exact) mass is 459 g/mol. The Balaban J connectivity index is 1.40. The van der Waals surface area contributed by atoms with E-state index in [1.54, 1.807) is 12.1 Å². The van der Waals surface area contributed by atoms with Crippen molar-refractivity contribution in [3.05, 3.63) is 62.1 Å². The Labute approximate surface area is 185 Å². The van der Waals surface area contributed by atoms with Crippen molar-refractivity contribution in [2.45, 2.75) is 13.0 Å². The van der Waals surface area contributed by atoms with Gasteiger partial charge in [0.05, 0.1) is 15.1 Å². The van der Waals surface area contributed by atoms with Crippen LogP contribution in [-0.2, 0) is 11.3 Å². The van der Waals surface area contributed by atoms with Crippen molar-refractivity contribution in [3.8, 4) is 0 Å². The Morgan fingerprint density at radius 1 is 0.893 bits per heavy atom. The Bertz CT molecular complexity index is 798. The van der Waals surface area contributed by atoms with E-state index in [1.165, 1.54) is 5.56 Å². The molecule has 1 amide bonds. The van der Waals surface area contributed by atoms with Gasteiger partial charge in [-0.3, -0.25) is 9.69 Å². The van der Waals surface area contributed by atoms with Crippen LogP contribution < -0.4 is 5.32 Å². The van der Waals surface area contributed by atoms with Gasteiger partial charge in [0.25, 0.3) is 0 Å². The van der Waals surface area contributed by atoms with E-state index < -0.39 is 0 Å². The van der Waals surface area contributed by atoms with Crippen LogP contribution >= 0.6 is 46.4 Å². The first-order valence-corrected chi connectivity index (χ1v) is 10.6. The highest BCUT2D eigenvalue weighted by molar-refractivity contribution is 6.48. The first kappa shape index (κ1) is 21.7. The summed E-state index contributed by atoms with van der Waals surface area (Å²) < 4.78 is 0. The molecule has 0 radical (unpaired) electrons. The van der Waals surface area contributed by atoms with Crippen molar-refractivity contribution >= 4 is 58.0 Å². The van der Waals surface area contributed by atoms with Crippen molar-refractivity contribution in [2.24, 2.45) is 0 Å². The van der Waals surface area contributed by atoms with Gasteiger partial charge in [0.1, 0.15) is 0 Å². The zero-order valence-corrected chi connectivity index (χ0v) is 18.3. The predicted molar refractivity (Wildman–Crippen MR) is 118 cm³/mol. The summed E-state index contributed by atoms with van der Waals surface area (Å²) in [4.78, 5) is 16.9. The summed E-state index contributed by atoms with van der Waals surface area (Å²) in [6.07, 6.45) is 0.412. The largest absolute Gasteiger partial charge is 0.326 e. The fourth-order valence-corrected chi connectivity index (χ4v) is 3.85. The number of nitrogens with one attached hydrogen (secondary N) is 1. The smallest absolute Gasteiger partial charge is 0.225 e. The van der Waals surface area contributed by atoms with Gasteiger partial charge < -0.3 is 10.2 Å². The third-order valence-electron chi connectivity index (χ3n) is 4.71. The van der Waals surface area contributed by atoms with Gasteiger partial charge in [0.2, 0.25) is 5.91 Å². The lowest BCUT2D eigenvalue weighted by Gasteiger charge is -2.34. The molecule has 1 aliphatic heterocycles. The number of hydrogen-bond acceptors (Lipinski definition) is 3. The lowest BCUT2D eigenvalue weighted by molar-refractivity contribution is -0.116. The second-order valence-electron chi connectivity index (χ2n) is 6.80. The molecule has 1 fully saturated rings. The van der Waals surface area contributed by atoms with Crippen LogP contribution in [0.5, 0.6) is 0 Å². The van der Waals surface area contributed by atoms with Gasteiger partial charge in [-0.05, 0) is 29.8 Å². The molecule has 1 heterocycles. The Hall–Kier alpha value is -1.01. The molecule has 1 N–H and O–H groups in total. The van der Waals surface area contributed by atoms with Crippen LogP contribution in [0.2, 0.25) is 20.1 Å². The van der Waals surface area contributed by atoms with Crippen LogP contribution in [0.1, 0.15) is 12.0 Å². The minimum absolute atomic E-state index is 0.0713. The van der Waals surface area contributed by atoms with E-state index in [4.69, 9.17) is 46.4 Å². The SMILES string of the molecule is O=C(CCN1CCN(Cc2ccc(Cl)cc2)CC1)Nc1cc(Cl)c(Cl)c(Cl)c1. The molecule has 2 aromatic rings. The summed E-state index contributed by atoms with van der Waals surface area (Å²) in [6.45, 7) is 5.48. The number of nitrogens with zero attached hydrogens (tertiary/aromatic N) is 2. The highest BCUT2D eigenvalue weighted by Crippen LogP contribution is 2.33. The summed E-state index contributed by atoms with van der Waals surface area (Å²) >= 11 is 23.8. The molecule has 28 heavy (non-hydrogen) atoms. The number of benzene rings is 2. The molecular weight excluding hydrogens is 440 g/mol. The number of halogens is 4. The van der Waals surface area contributed by atoms with Crippen LogP contribution in [0, 0.1) is 0 Å². The fourth-order valence-electron chi connectivity index (χ4n) is 3.13. The van der Waals surface area contributed by atoms with E-state index in [9.17, 15) is 4.79 Å². The number of amides is 1. The van der Waals surface area contributed by atoms with Crippen LogP contribution in [0.3, 0.4) is 0 Å². The van der Waals surface area contributed by atoms with E-state index in [0.717, 1.165) is 44.3 Å². The van der Waals surface area contributed by atoms with Crippen LogP contribution in [0.25, 0.3) is 0 Å². The van der Waals surface area contributed by atoms with Gasteiger partial charge in [-0.2, -0.15) is 0 Å². The van der Waals surface area contributed by atoms with Crippen LogP contribution in [0.15, 0.2) is 36.4 Å². The van der Waals surface area contributed by atoms with Gasteiger partial charge in [-0.15, -0.1) is 0 Å². The Kier molecular flexibility index (Phi) is 7.86. The first-order chi connectivity index (χ1) is 13.4. The maximum atomic E-state index is 12.2. The quantitative estimate of drug-likeness (QED) is 0.582. The molecule has 0 saturated carbocycles. The molecule has 8 heteroatoms. The average Bonchev–Trinajstić information content (AvgIpc) is 2.67. The number of anilines is 1. The first-order valence-electron chi connectivity index (χ1n) is 9.04. The Morgan fingerprint density at radius 3 is 2.07 bits per heavy atom. The number of rotatable bonds is 6. The van der Waals surface area contributed by atoms with Crippen LogP contribution in [-0.4, -0.2) is 48.4 Å². The topological polar surface area (TPSA) is 35.6 Å². The highest BCUT2D eigenvalue weighted by Gasteiger charge is 2.18. The van der Waals surface area contributed by atoms with Gasteiger partial charge in [-0.25, -0.2) is 0 Å². The number of piperazine rings is 1. The number of carbonyl (C=O) groups excluding carboxylic acids is 1. The second kappa shape index (κ2) is 10.1. The van der Waals surface area contributed by atoms with Gasteiger partial charge in [0, 0.05) is 56.4 Å². The molecule has 150 valence electrons. The minimum Gasteiger partial charge on any atom is -0.326 e. The fraction of sp³-hybridized carbons (Fsp3) is 0.350. The number of hydrogen-bond donors (Lipinski definition) is 1. The normalized spacial score (nSPS) is 15.6. The van der Waals surface area contributed by atoms with Gasteiger partial charge >= 0.3 is 0 Å². The van der Waals surface area contributed by atoms with Crippen molar-refractivity contribution in [2.75, 3.05) is 38.0 Å². The second-order valence-corrected chi connectivity index (χ2v) is 8.43. The van der Waals surface area contributed by atoms with Crippen molar-refractivity contribution in [3.63, 3.8) is 0 Å². The van der Waals surface area contributed by atoms with E-state index in [-0.39, 0.29) is 10.9 Å². The third kappa shape index (κ3) is 6.24. The van der Waals surface area contributed by atoms with Gasteiger partial charge in [0.15, 0.2) is 0 Å². The summed E-state index contributed by atoms with van der Waals surface area (Å²) in [5, 5.41) is 4.51. The summed E-state index contributed by atoms with van der Waals surface area (Å²) in [5.74, 6) is -0.0713. The minimum atomic E-state index is -0.0713. The molecule has 0 unspecified atom stereocenters. The van der Waals surface area contributed by atoms with E-state index in [1.807, 2.05) is 12.1 Å². The summed E-state index contributed by atoms with van der Waals surface area (Å²) in [5.41, 5.74) is 1.81. The molecule has 3 rings (SSSR count). The molecule has 4 nitrogen and oxygen atoms in total. The molecule has 0 spiro atoms. The van der Waals surface area contributed by atoms with Crippen LogP contribution in [0.4, 0.5) is 5.69 Å². The molecule has 0 aromatic heterocycles. The molecule has 2 aromatic carbocycles. The molecule has 1 saturated heterocycles. The lowest BCUT2D eigenvalue weighted by atomic mass is 10.2. The maximum Gasteiger partial charge on any atom is 0.225 e. The molecule has 0 bridgehead atoms. The van der Waals surface area contributed by atoms with Gasteiger partial charge in [-0.1, -0.05) is 58.5 Å². The zero-order chi connectivity index (χ0) is 20.1. The molecule has 1 aliphatic rings. The standard InChI is InChI=1S/C20H21Cl4N3O/c21-15-3-1-14(2-4-15)13-27-9-7-26(8-10-27)6-5-19(28)25-16-11-17(22)20(24)18(23)12-16/h1-4,11-12H,5-10,13H2,(H,25,28). The van der Waals surface area contributed by atoms with Crippen molar-refractivity contribution < 1.29 is 4.79 Å². The molecular formula is C20H21Cl4N3O. The summed E-state index contributed by atoms with van der Waals surface area (Å²) in [6, 6.07) is 11.2. The van der Waals surface area contributed by atoms with E-state index >= 15 is 0 Å². The zero-order valence-electron chi connectivity index (χ0n) is 15.2. The molecule has 0 aliphatic carbocycles. The average molecular weight is 461 g/mol. The summed E-state index contributed by atoms with van der Waals surface area (Å²) in [7, 11) is 0. The van der Waals surface area contributed by atoms with E-state index in [2.05, 4.69) is 27.2 Å². The molecule has 0 atom stereocenters. The lowest BCUT2D eigenvalue weighted by Crippen LogP contribution is -2.46. The third-order valence-corrected chi connectivity index (χ3v) is 6.16. The van der Waals surface area contributed by atoms with Crippen molar-refractivity contribution in [1.82, 2.24) is 9.80 Å².